The van der Waals surface area contributed by atoms with Gasteiger partial charge >= 0.3 is 0 Å². The van der Waals surface area contributed by atoms with Crippen molar-refractivity contribution < 1.29 is 9.53 Å². The van der Waals surface area contributed by atoms with E-state index in [4.69, 9.17) is 10.5 Å². The van der Waals surface area contributed by atoms with Crippen molar-refractivity contribution in [2.45, 2.75) is 19.9 Å². The van der Waals surface area contributed by atoms with Gasteiger partial charge in [-0.3, -0.25) is 4.79 Å². The van der Waals surface area contributed by atoms with Crippen molar-refractivity contribution >= 4 is 11.6 Å². The van der Waals surface area contributed by atoms with Gasteiger partial charge in [-0.1, -0.05) is 35.9 Å². The number of hydrogen-bond acceptors (Lipinski definition) is 3. The van der Waals surface area contributed by atoms with Crippen LogP contribution in [0.25, 0.3) is 0 Å². The van der Waals surface area contributed by atoms with E-state index in [9.17, 15) is 4.79 Å². The molecule has 0 aliphatic heterocycles. The minimum Gasteiger partial charge on any atom is -0.483 e. The molecule has 1 atom stereocenters. The zero-order chi connectivity index (χ0) is 15.2. The van der Waals surface area contributed by atoms with Crippen LogP contribution in [-0.4, -0.2) is 12.5 Å². The topological polar surface area (TPSA) is 64.3 Å². The molecule has 3 N–H and O–H groups in total. The molecule has 0 spiro atoms. The van der Waals surface area contributed by atoms with Gasteiger partial charge in [-0.15, -0.1) is 0 Å². The van der Waals surface area contributed by atoms with Gasteiger partial charge in [0.1, 0.15) is 5.75 Å². The molecule has 110 valence electrons. The van der Waals surface area contributed by atoms with Crippen LogP contribution in [0.2, 0.25) is 0 Å². The number of rotatable bonds is 5. The Labute approximate surface area is 124 Å². The molecule has 0 fully saturated rings. The fourth-order valence-corrected chi connectivity index (χ4v) is 1.97. The molecular weight excluding hydrogens is 264 g/mol. The molecule has 1 amide bonds. The van der Waals surface area contributed by atoms with Gasteiger partial charge in [0.15, 0.2) is 6.61 Å². The molecule has 0 radical (unpaired) electrons. The Kier molecular flexibility index (Phi) is 4.95. The summed E-state index contributed by atoms with van der Waals surface area (Å²) in [6.07, 6.45) is 0. The van der Waals surface area contributed by atoms with E-state index in [1.54, 1.807) is 0 Å². The van der Waals surface area contributed by atoms with E-state index in [0.29, 0.717) is 5.75 Å². The summed E-state index contributed by atoms with van der Waals surface area (Å²) in [6, 6.07) is 15.0. The highest BCUT2D eigenvalue weighted by Crippen LogP contribution is 2.23. The van der Waals surface area contributed by atoms with Crippen LogP contribution in [0.4, 0.5) is 5.69 Å². The zero-order valence-electron chi connectivity index (χ0n) is 12.3. The van der Waals surface area contributed by atoms with Crippen LogP contribution in [0.15, 0.2) is 48.5 Å². The van der Waals surface area contributed by atoms with Crippen LogP contribution in [0.1, 0.15) is 24.1 Å². The van der Waals surface area contributed by atoms with Crippen LogP contribution < -0.4 is 15.8 Å². The van der Waals surface area contributed by atoms with Crippen molar-refractivity contribution in [3.63, 3.8) is 0 Å². The molecule has 0 bridgehead atoms. The minimum absolute atomic E-state index is 0.0440. The molecule has 2 rings (SSSR count). The molecule has 0 saturated heterocycles. The van der Waals surface area contributed by atoms with Crippen molar-refractivity contribution in [1.82, 2.24) is 0 Å². The van der Waals surface area contributed by atoms with E-state index in [0.717, 1.165) is 16.8 Å². The van der Waals surface area contributed by atoms with Crippen LogP contribution in [0, 0.1) is 6.92 Å². The van der Waals surface area contributed by atoms with Crippen molar-refractivity contribution in [3.8, 4) is 5.75 Å². The first-order chi connectivity index (χ1) is 10.1. The average Bonchev–Trinajstić information content (AvgIpc) is 2.48. The zero-order valence-corrected chi connectivity index (χ0v) is 12.3. The molecule has 2 aromatic carbocycles. The molecule has 21 heavy (non-hydrogen) atoms. The van der Waals surface area contributed by atoms with Crippen molar-refractivity contribution in [1.29, 1.82) is 0 Å². The summed E-state index contributed by atoms with van der Waals surface area (Å²) < 4.78 is 5.56. The molecule has 1 unspecified atom stereocenters. The summed E-state index contributed by atoms with van der Waals surface area (Å²) in [5, 5.41) is 2.79. The standard InChI is InChI=1S/C17H20N2O2/c1-12-7-9-14(10-8-12)19-17(20)11-21-16-6-4-3-5-15(16)13(2)18/h3-10,13H,11,18H2,1-2H3,(H,19,20). The molecule has 4 heteroatoms. The number of carbonyl (C=O) groups excluding carboxylic acids is 1. The Balaban J connectivity index is 1.94. The summed E-state index contributed by atoms with van der Waals surface area (Å²) in [7, 11) is 0. The molecule has 0 saturated carbocycles. The summed E-state index contributed by atoms with van der Waals surface area (Å²) in [5.41, 5.74) is 8.67. The van der Waals surface area contributed by atoms with E-state index in [-0.39, 0.29) is 18.6 Å². The Morgan fingerprint density at radius 3 is 2.52 bits per heavy atom. The third-order valence-corrected chi connectivity index (χ3v) is 3.10. The maximum Gasteiger partial charge on any atom is 0.262 e. The lowest BCUT2D eigenvalue weighted by Crippen LogP contribution is -2.21. The smallest absolute Gasteiger partial charge is 0.262 e. The Hall–Kier alpha value is -2.33. The number of nitrogens with one attached hydrogen (secondary N) is 1. The van der Waals surface area contributed by atoms with Gasteiger partial charge in [-0.05, 0) is 32.0 Å². The van der Waals surface area contributed by atoms with Gasteiger partial charge < -0.3 is 15.8 Å². The highest BCUT2D eigenvalue weighted by atomic mass is 16.5. The third kappa shape index (κ3) is 4.33. The van der Waals surface area contributed by atoms with Gasteiger partial charge in [0.2, 0.25) is 0 Å². The van der Waals surface area contributed by atoms with E-state index in [1.807, 2.05) is 62.4 Å². The van der Waals surface area contributed by atoms with Crippen molar-refractivity contribution in [2.24, 2.45) is 5.73 Å². The van der Waals surface area contributed by atoms with E-state index < -0.39 is 0 Å². The SMILES string of the molecule is Cc1ccc(NC(=O)COc2ccccc2C(C)N)cc1. The lowest BCUT2D eigenvalue weighted by molar-refractivity contribution is -0.118. The molecule has 4 nitrogen and oxygen atoms in total. The van der Waals surface area contributed by atoms with Crippen LogP contribution in [0.5, 0.6) is 5.75 Å². The fourth-order valence-electron chi connectivity index (χ4n) is 1.97. The summed E-state index contributed by atoms with van der Waals surface area (Å²) in [4.78, 5) is 11.9. The normalized spacial score (nSPS) is 11.8. The Morgan fingerprint density at radius 1 is 1.19 bits per heavy atom. The quantitative estimate of drug-likeness (QED) is 0.887. The number of amides is 1. The third-order valence-electron chi connectivity index (χ3n) is 3.10. The van der Waals surface area contributed by atoms with Crippen LogP contribution in [0.3, 0.4) is 0 Å². The second-order valence-corrected chi connectivity index (χ2v) is 5.03. The lowest BCUT2D eigenvalue weighted by atomic mass is 10.1. The summed E-state index contributed by atoms with van der Waals surface area (Å²) in [6.45, 7) is 3.84. The first kappa shape index (κ1) is 15.1. The molecule has 0 aliphatic rings. The fraction of sp³-hybridized carbons (Fsp3) is 0.235. The maximum absolute atomic E-state index is 11.9. The van der Waals surface area contributed by atoms with Gasteiger partial charge in [0.25, 0.3) is 5.91 Å². The first-order valence-electron chi connectivity index (χ1n) is 6.90. The predicted octanol–water partition coefficient (Wildman–Crippen LogP) is 3.03. The van der Waals surface area contributed by atoms with E-state index >= 15 is 0 Å². The lowest BCUT2D eigenvalue weighted by Gasteiger charge is -2.13. The molecule has 0 aromatic heterocycles. The number of benzene rings is 2. The molecule has 0 heterocycles. The van der Waals surface area contributed by atoms with E-state index in [2.05, 4.69) is 5.32 Å². The number of ether oxygens (including phenoxy) is 1. The van der Waals surface area contributed by atoms with Crippen molar-refractivity contribution in [3.05, 3.63) is 59.7 Å². The number of para-hydroxylation sites is 1. The summed E-state index contributed by atoms with van der Waals surface area (Å²) >= 11 is 0. The number of hydrogen-bond donors (Lipinski definition) is 2. The van der Waals surface area contributed by atoms with Crippen molar-refractivity contribution in [2.75, 3.05) is 11.9 Å². The first-order valence-corrected chi connectivity index (χ1v) is 6.90. The number of anilines is 1. The Bertz CT molecular complexity index is 606. The van der Waals surface area contributed by atoms with Gasteiger partial charge in [0, 0.05) is 17.3 Å². The molecule has 2 aromatic rings. The average molecular weight is 284 g/mol. The van der Waals surface area contributed by atoms with Gasteiger partial charge in [-0.25, -0.2) is 0 Å². The van der Waals surface area contributed by atoms with Crippen LogP contribution in [-0.2, 0) is 4.79 Å². The maximum atomic E-state index is 11.9. The Morgan fingerprint density at radius 2 is 1.86 bits per heavy atom. The number of carbonyl (C=O) groups is 1. The number of nitrogens with two attached hydrogens (primary N) is 1. The predicted molar refractivity (Wildman–Crippen MR) is 84.3 cm³/mol. The van der Waals surface area contributed by atoms with E-state index in [1.165, 1.54) is 0 Å². The second-order valence-electron chi connectivity index (χ2n) is 5.03. The molecule has 0 aliphatic carbocycles. The van der Waals surface area contributed by atoms with Crippen LogP contribution >= 0.6 is 0 Å². The van der Waals surface area contributed by atoms with Gasteiger partial charge in [-0.2, -0.15) is 0 Å². The monoisotopic (exact) mass is 284 g/mol. The summed E-state index contributed by atoms with van der Waals surface area (Å²) in [5.74, 6) is 0.449. The number of aryl methyl sites for hydroxylation is 1. The minimum atomic E-state index is -0.196. The second kappa shape index (κ2) is 6.90. The largest absolute Gasteiger partial charge is 0.483 e. The highest BCUT2D eigenvalue weighted by molar-refractivity contribution is 5.91. The molecular formula is C17H20N2O2. The highest BCUT2D eigenvalue weighted by Gasteiger charge is 2.09. The van der Waals surface area contributed by atoms with Gasteiger partial charge in [0.05, 0.1) is 0 Å².